The standard InChI is InChI=1S/C18H26N2O2/c1-22-17-9-12-20(18(21)19-10-5-6-11-19)14-16(17)13-15-7-3-2-4-8-15/h2-4,7-8,16-17H,5-6,9-14H2,1H3/t16-,17+/m0/s1. The van der Waals surface area contributed by atoms with Crippen molar-refractivity contribution in [2.24, 2.45) is 5.92 Å². The molecule has 0 aromatic heterocycles. The normalized spacial score (nSPS) is 25.5. The third kappa shape index (κ3) is 3.43. The highest BCUT2D eigenvalue weighted by molar-refractivity contribution is 5.74. The lowest BCUT2D eigenvalue weighted by Crippen LogP contribution is -2.51. The highest BCUT2D eigenvalue weighted by Crippen LogP contribution is 2.25. The van der Waals surface area contributed by atoms with Crippen LogP contribution in [0.15, 0.2) is 30.3 Å². The second-order valence-electron chi connectivity index (χ2n) is 6.44. The van der Waals surface area contributed by atoms with E-state index in [1.54, 1.807) is 7.11 Å². The molecule has 0 unspecified atom stereocenters. The Morgan fingerprint density at radius 3 is 2.55 bits per heavy atom. The van der Waals surface area contributed by atoms with Gasteiger partial charge in [0.05, 0.1) is 6.10 Å². The number of ether oxygens (including phenoxy) is 1. The molecule has 4 heteroatoms. The van der Waals surface area contributed by atoms with Crippen LogP contribution in [0.4, 0.5) is 4.79 Å². The topological polar surface area (TPSA) is 32.8 Å². The van der Waals surface area contributed by atoms with Crippen molar-refractivity contribution in [1.82, 2.24) is 9.80 Å². The number of rotatable bonds is 3. The van der Waals surface area contributed by atoms with Gasteiger partial charge in [-0.15, -0.1) is 0 Å². The molecule has 4 nitrogen and oxygen atoms in total. The van der Waals surface area contributed by atoms with Gasteiger partial charge in [0.15, 0.2) is 0 Å². The molecule has 0 saturated carbocycles. The van der Waals surface area contributed by atoms with Crippen molar-refractivity contribution in [3.63, 3.8) is 0 Å². The van der Waals surface area contributed by atoms with Gasteiger partial charge in [-0.05, 0) is 31.2 Å². The summed E-state index contributed by atoms with van der Waals surface area (Å²) in [4.78, 5) is 16.6. The second-order valence-corrected chi connectivity index (χ2v) is 6.44. The SMILES string of the molecule is CO[C@@H]1CCN(C(=O)N2CCCC2)C[C@@H]1Cc1ccccc1. The molecule has 0 aliphatic carbocycles. The fourth-order valence-corrected chi connectivity index (χ4v) is 3.72. The molecular formula is C18H26N2O2. The minimum absolute atomic E-state index is 0.227. The summed E-state index contributed by atoms with van der Waals surface area (Å²) in [7, 11) is 1.79. The van der Waals surface area contributed by atoms with E-state index in [0.29, 0.717) is 5.92 Å². The van der Waals surface area contributed by atoms with Gasteiger partial charge < -0.3 is 14.5 Å². The van der Waals surface area contributed by atoms with E-state index in [-0.39, 0.29) is 12.1 Å². The Morgan fingerprint density at radius 1 is 1.14 bits per heavy atom. The predicted molar refractivity (Wildman–Crippen MR) is 86.8 cm³/mol. The number of hydrogen-bond acceptors (Lipinski definition) is 2. The molecule has 0 N–H and O–H groups in total. The average molecular weight is 302 g/mol. The molecule has 22 heavy (non-hydrogen) atoms. The summed E-state index contributed by atoms with van der Waals surface area (Å²) in [5.41, 5.74) is 1.32. The summed E-state index contributed by atoms with van der Waals surface area (Å²) < 4.78 is 5.68. The van der Waals surface area contributed by atoms with E-state index in [1.807, 2.05) is 15.9 Å². The summed E-state index contributed by atoms with van der Waals surface area (Å²) in [5, 5.41) is 0. The number of hydrogen-bond donors (Lipinski definition) is 0. The molecule has 120 valence electrons. The van der Waals surface area contributed by atoms with Crippen LogP contribution in [-0.2, 0) is 11.2 Å². The average Bonchev–Trinajstić information content (AvgIpc) is 3.09. The zero-order valence-corrected chi connectivity index (χ0v) is 13.4. The highest BCUT2D eigenvalue weighted by Gasteiger charge is 2.33. The van der Waals surface area contributed by atoms with Crippen molar-refractivity contribution >= 4 is 6.03 Å². The fraction of sp³-hybridized carbons (Fsp3) is 0.611. The Morgan fingerprint density at radius 2 is 1.86 bits per heavy atom. The summed E-state index contributed by atoms with van der Waals surface area (Å²) >= 11 is 0. The predicted octanol–water partition coefficient (Wildman–Crippen LogP) is 2.78. The van der Waals surface area contributed by atoms with Gasteiger partial charge in [-0.25, -0.2) is 4.79 Å². The van der Waals surface area contributed by atoms with Crippen molar-refractivity contribution in [2.75, 3.05) is 33.3 Å². The molecule has 2 fully saturated rings. The Balaban J connectivity index is 1.65. The van der Waals surface area contributed by atoms with Crippen LogP contribution < -0.4 is 0 Å². The van der Waals surface area contributed by atoms with Crippen LogP contribution in [0.5, 0.6) is 0 Å². The fourth-order valence-electron chi connectivity index (χ4n) is 3.72. The minimum Gasteiger partial charge on any atom is -0.381 e. The smallest absolute Gasteiger partial charge is 0.320 e. The van der Waals surface area contributed by atoms with Crippen molar-refractivity contribution in [2.45, 2.75) is 31.8 Å². The Bertz CT molecular complexity index is 485. The van der Waals surface area contributed by atoms with E-state index in [4.69, 9.17) is 4.74 Å². The zero-order valence-electron chi connectivity index (χ0n) is 13.4. The van der Waals surface area contributed by atoms with Crippen LogP contribution in [0.1, 0.15) is 24.8 Å². The molecule has 2 amide bonds. The molecule has 1 aromatic carbocycles. The van der Waals surface area contributed by atoms with Gasteiger partial charge in [-0.3, -0.25) is 0 Å². The number of benzene rings is 1. The molecule has 2 aliphatic rings. The maximum atomic E-state index is 12.6. The van der Waals surface area contributed by atoms with Crippen molar-refractivity contribution in [3.05, 3.63) is 35.9 Å². The molecule has 2 aliphatic heterocycles. The Kier molecular flexibility index (Phi) is 4.98. The molecule has 2 atom stereocenters. The maximum absolute atomic E-state index is 12.6. The third-order valence-electron chi connectivity index (χ3n) is 4.95. The van der Waals surface area contributed by atoms with Crippen LogP contribution >= 0.6 is 0 Å². The maximum Gasteiger partial charge on any atom is 0.320 e. The number of urea groups is 1. The monoisotopic (exact) mass is 302 g/mol. The lowest BCUT2D eigenvalue weighted by Gasteiger charge is -2.39. The van der Waals surface area contributed by atoms with Crippen LogP contribution in [0, 0.1) is 5.92 Å². The Hall–Kier alpha value is -1.55. The summed E-state index contributed by atoms with van der Waals surface area (Å²) in [6.07, 6.45) is 4.46. The number of carbonyl (C=O) groups excluding carboxylic acids is 1. The first kappa shape index (κ1) is 15.3. The van der Waals surface area contributed by atoms with E-state index in [9.17, 15) is 4.79 Å². The summed E-state index contributed by atoms with van der Waals surface area (Å²) in [6, 6.07) is 10.7. The zero-order chi connectivity index (χ0) is 15.4. The lowest BCUT2D eigenvalue weighted by atomic mass is 9.88. The van der Waals surface area contributed by atoms with Gasteiger partial charge in [-0.1, -0.05) is 30.3 Å². The number of piperidine rings is 1. The molecule has 1 aromatic rings. The number of nitrogens with zero attached hydrogens (tertiary/aromatic N) is 2. The molecule has 2 saturated heterocycles. The van der Waals surface area contributed by atoms with Crippen LogP contribution in [-0.4, -0.2) is 55.2 Å². The van der Waals surface area contributed by atoms with E-state index >= 15 is 0 Å². The van der Waals surface area contributed by atoms with Gasteiger partial charge in [0.25, 0.3) is 0 Å². The third-order valence-corrected chi connectivity index (χ3v) is 4.95. The van der Waals surface area contributed by atoms with Crippen molar-refractivity contribution < 1.29 is 9.53 Å². The minimum atomic E-state index is 0.227. The van der Waals surface area contributed by atoms with Crippen molar-refractivity contribution in [3.8, 4) is 0 Å². The van der Waals surface area contributed by atoms with Crippen LogP contribution in [0.3, 0.4) is 0 Å². The Labute approximate surface area is 133 Å². The first-order valence-electron chi connectivity index (χ1n) is 8.38. The highest BCUT2D eigenvalue weighted by atomic mass is 16.5. The second kappa shape index (κ2) is 7.14. The van der Waals surface area contributed by atoms with Gasteiger partial charge in [0, 0.05) is 39.2 Å². The molecule has 0 spiro atoms. The number of amides is 2. The van der Waals surface area contributed by atoms with E-state index in [0.717, 1.165) is 51.9 Å². The first-order valence-corrected chi connectivity index (χ1v) is 8.38. The molecule has 3 rings (SSSR count). The van der Waals surface area contributed by atoms with Gasteiger partial charge in [0.2, 0.25) is 0 Å². The molecule has 2 heterocycles. The van der Waals surface area contributed by atoms with E-state index in [2.05, 4.69) is 24.3 Å². The number of carbonyl (C=O) groups is 1. The quantitative estimate of drug-likeness (QED) is 0.860. The van der Waals surface area contributed by atoms with E-state index in [1.165, 1.54) is 5.56 Å². The summed E-state index contributed by atoms with van der Waals surface area (Å²) in [6.45, 7) is 3.47. The number of methoxy groups -OCH3 is 1. The summed E-state index contributed by atoms with van der Waals surface area (Å²) in [5.74, 6) is 0.382. The first-order chi connectivity index (χ1) is 10.8. The van der Waals surface area contributed by atoms with Crippen LogP contribution in [0.2, 0.25) is 0 Å². The van der Waals surface area contributed by atoms with Crippen molar-refractivity contribution in [1.29, 1.82) is 0 Å². The molecule has 0 radical (unpaired) electrons. The lowest BCUT2D eigenvalue weighted by molar-refractivity contribution is 0.000639. The van der Waals surface area contributed by atoms with Gasteiger partial charge >= 0.3 is 6.03 Å². The van der Waals surface area contributed by atoms with E-state index < -0.39 is 0 Å². The van der Waals surface area contributed by atoms with Gasteiger partial charge in [0.1, 0.15) is 0 Å². The molecular weight excluding hydrogens is 276 g/mol. The number of likely N-dealkylation sites (tertiary alicyclic amines) is 2. The molecule has 0 bridgehead atoms. The largest absolute Gasteiger partial charge is 0.381 e. The van der Waals surface area contributed by atoms with Crippen LogP contribution in [0.25, 0.3) is 0 Å². The van der Waals surface area contributed by atoms with Gasteiger partial charge in [-0.2, -0.15) is 0 Å².